The first kappa shape index (κ1) is 74.6. The molecule has 78 heavy (non-hydrogen) atoms. The van der Waals surface area contributed by atoms with Gasteiger partial charge < -0.3 is 14.2 Å². The summed E-state index contributed by atoms with van der Waals surface area (Å²) >= 11 is 0. The fourth-order valence-corrected chi connectivity index (χ4v) is 9.62. The lowest BCUT2D eigenvalue weighted by molar-refractivity contribution is -0.167. The zero-order chi connectivity index (χ0) is 56.4. The highest BCUT2D eigenvalue weighted by molar-refractivity contribution is 5.71. The Morgan fingerprint density at radius 1 is 0.269 bits per heavy atom. The molecule has 0 aliphatic carbocycles. The van der Waals surface area contributed by atoms with Crippen LogP contribution in [0.5, 0.6) is 0 Å². The summed E-state index contributed by atoms with van der Waals surface area (Å²) in [5.74, 6) is -0.878. The quantitative estimate of drug-likeness (QED) is 0.0261. The van der Waals surface area contributed by atoms with E-state index >= 15 is 0 Å². The van der Waals surface area contributed by atoms with Gasteiger partial charge in [-0.25, -0.2) is 0 Å². The summed E-state index contributed by atoms with van der Waals surface area (Å²) in [6.45, 7) is 6.56. The molecule has 450 valence electrons. The Balaban J connectivity index is 4.34. The van der Waals surface area contributed by atoms with Crippen molar-refractivity contribution in [2.75, 3.05) is 13.2 Å². The Labute approximate surface area is 484 Å². The lowest BCUT2D eigenvalue weighted by atomic mass is 10.0. The summed E-state index contributed by atoms with van der Waals surface area (Å²) in [5, 5.41) is 0. The Kier molecular flexibility index (Phi) is 63.2. The van der Waals surface area contributed by atoms with Crippen LogP contribution in [0.4, 0.5) is 0 Å². The number of hydrogen-bond donors (Lipinski definition) is 0. The molecular formula is C72H126O6. The first-order valence-corrected chi connectivity index (χ1v) is 33.6. The van der Waals surface area contributed by atoms with Crippen LogP contribution in [-0.2, 0) is 28.6 Å². The summed E-state index contributed by atoms with van der Waals surface area (Å²) in [7, 11) is 0. The highest BCUT2D eigenvalue weighted by Crippen LogP contribution is 2.17. The number of unbranched alkanes of at least 4 members (excludes halogenated alkanes) is 36. The largest absolute Gasteiger partial charge is 0.462 e. The minimum atomic E-state index is -0.783. The smallest absolute Gasteiger partial charge is 0.306 e. The second-order valence-electron chi connectivity index (χ2n) is 22.4. The molecule has 6 heteroatoms. The monoisotopic (exact) mass is 1090 g/mol. The van der Waals surface area contributed by atoms with E-state index in [-0.39, 0.29) is 31.1 Å². The predicted molar refractivity (Wildman–Crippen MR) is 339 cm³/mol. The van der Waals surface area contributed by atoms with Crippen molar-refractivity contribution in [1.82, 2.24) is 0 Å². The number of ether oxygens (including phenoxy) is 3. The molecule has 0 heterocycles. The van der Waals surface area contributed by atoms with Crippen LogP contribution in [0.15, 0.2) is 85.1 Å². The maximum absolute atomic E-state index is 12.9. The molecule has 0 spiro atoms. The highest BCUT2D eigenvalue weighted by atomic mass is 16.6. The van der Waals surface area contributed by atoms with Crippen LogP contribution in [0.25, 0.3) is 0 Å². The first-order chi connectivity index (χ1) is 38.5. The highest BCUT2D eigenvalue weighted by Gasteiger charge is 2.19. The van der Waals surface area contributed by atoms with E-state index < -0.39 is 6.10 Å². The van der Waals surface area contributed by atoms with Crippen molar-refractivity contribution in [2.24, 2.45) is 0 Å². The van der Waals surface area contributed by atoms with Crippen LogP contribution in [-0.4, -0.2) is 37.2 Å². The molecule has 1 atom stereocenters. The van der Waals surface area contributed by atoms with Gasteiger partial charge in [-0.05, 0) is 96.3 Å². The van der Waals surface area contributed by atoms with Crippen LogP contribution in [0.2, 0.25) is 0 Å². The van der Waals surface area contributed by atoms with Crippen LogP contribution < -0.4 is 0 Å². The molecule has 0 aliphatic rings. The number of carbonyl (C=O) groups excluding carboxylic acids is 3. The van der Waals surface area contributed by atoms with Gasteiger partial charge in [-0.3, -0.25) is 14.4 Å². The van der Waals surface area contributed by atoms with Crippen molar-refractivity contribution >= 4 is 17.9 Å². The second kappa shape index (κ2) is 66.1. The Morgan fingerprint density at radius 3 is 0.795 bits per heavy atom. The molecule has 0 aromatic heterocycles. The van der Waals surface area contributed by atoms with Gasteiger partial charge in [-0.2, -0.15) is 0 Å². The number of allylic oxidation sites excluding steroid dienone is 14. The van der Waals surface area contributed by atoms with Crippen molar-refractivity contribution < 1.29 is 28.6 Å². The van der Waals surface area contributed by atoms with Gasteiger partial charge in [0.25, 0.3) is 0 Å². The van der Waals surface area contributed by atoms with Gasteiger partial charge in [0.15, 0.2) is 6.10 Å². The molecule has 0 N–H and O–H groups in total. The van der Waals surface area contributed by atoms with E-state index in [9.17, 15) is 14.4 Å². The molecule has 0 radical (unpaired) electrons. The molecule has 0 rings (SSSR count). The van der Waals surface area contributed by atoms with Gasteiger partial charge in [0, 0.05) is 19.3 Å². The summed E-state index contributed by atoms with van der Waals surface area (Å²) < 4.78 is 17.0. The summed E-state index contributed by atoms with van der Waals surface area (Å²) in [6.07, 6.45) is 87.3. The van der Waals surface area contributed by atoms with E-state index in [1.54, 1.807) is 0 Å². The van der Waals surface area contributed by atoms with E-state index in [0.29, 0.717) is 19.3 Å². The van der Waals surface area contributed by atoms with Crippen LogP contribution in [0.1, 0.15) is 335 Å². The van der Waals surface area contributed by atoms with E-state index in [2.05, 4.69) is 106 Å². The zero-order valence-electron chi connectivity index (χ0n) is 51.7. The molecule has 0 amide bonds. The minimum absolute atomic E-state index is 0.0799. The zero-order valence-corrected chi connectivity index (χ0v) is 51.7. The first-order valence-electron chi connectivity index (χ1n) is 33.6. The molecule has 0 saturated heterocycles. The summed E-state index contributed by atoms with van der Waals surface area (Å²) in [5.41, 5.74) is 0. The molecule has 6 nitrogen and oxygen atoms in total. The number of esters is 3. The normalized spacial score (nSPS) is 12.6. The minimum Gasteiger partial charge on any atom is -0.462 e. The lowest BCUT2D eigenvalue weighted by Crippen LogP contribution is -2.30. The summed E-state index contributed by atoms with van der Waals surface area (Å²) in [6, 6.07) is 0. The molecular weight excluding hydrogens is 961 g/mol. The van der Waals surface area contributed by atoms with Crippen LogP contribution in [0, 0.1) is 0 Å². The van der Waals surface area contributed by atoms with E-state index in [0.717, 1.165) is 109 Å². The SMILES string of the molecule is CC/C=C\C/C=C\C/C=C\C/C=C\C/C=C\C/C=C\CCCCCCCCCCC(=O)OCC(COC(=O)CCCCCCC/C=C\CCCCCCCCC)OC(=O)CCCCCCCCCCCCCCCCCCC. The Hall–Kier alpha value is -3.41. The lowest BCUT2D eigenvalue weighted by Gasteiger charge is -2.18. The molecule has 0 aliphatic heterocycles. The van der Waals surface area contributed by atoms with Gasteiger partial charge in [-0.1, -0.05) is 305 Å². The van der Waals surface area contributed by atoms with Crippen molar-refractivity contribution in [3.8, 4) is 0 Å². The third-order valence-corrected chi connectivity index (χ3v) is 14.6. The van der Waals surface area contributed by atoms with Gasteiger partial charge >= 0.3 is 17.9 Å². The van der Waals surface area contributed by atoms with Gasteiger partial charge in [-0.15, -0.1) is 0 Å². The third kappa shape index (κ3) is 63.4. The Morgan fingerprint density at radius 2 is 0.500 bits per heavy atom. The van der Waals surface area contributed by atoms with Crippen LogP contribution >= 0.6 is 0 Å². The van der Waals surface area contributed by atoms with Crippen molar-refractivity contribution in [3.05, 3.63) is 85.1 Å². The fraction of sp³-hybridized carbons (Fsp3) is 0.764. The molecule has 0 bridgehead atoms. The standard InChI is InChI=1S/C72H126O6/c1-4-7-10-13-16-19-22-25-28-31-32-33-34-35-36-37-38-39-40-42-44-47-50-53-56-59-62-65-71(74)77-68-69(67-76-70(73)64-61-58-55-52-49-46-43-30-27-24-21-18-15-12-9-6-3)78-72(75)66-63-60-57-54-51-48-45-41-29-26-23-20-17-14-11-8-5-2/h7,10,16,19,25,28,30,32-33,35-36,38-39,43,69H,4-6,8-9,11-15,17-18,20-24,26-27,29,31,34,37,40-42,44-68H2,1-3H3/b10-7-,19-16-,28-25-,33-32-,36-35-,39-38-,43-30-. The fourth-order valence-electron chi connectivity index (χ4n) is 9.62. The molecule has 0 aromatic carbocycles. The Bertz CT molecular complexity index is 1480. The third-order valence-electron chi connectivity index (χ3n) is 14.6. The molecule has 0 aromatic rings. The molecule has 0 saturated carbocycles. The second-order valence-corrected chi connectivity index (χ2v) is 22.4. The predicted octanol–water partition coefficient (Wildman–Crippen LogP) is 23.1. The van der Waals surface area contributed by atoms with E-state index in [1.165, 1.54) is 186 Å². The summed E-state index contributed by atoms with van der Waals surface area (Å²) in [4.78, 5) is 38.4. The number of carbonyl (C=O) groups is 3. The average molecular weight is 1090 g/mol. The van der Waals surface area contributed by atoms with Gasteiger partial charge in [0.2, 0.25) is 0 Å². The maximum atomic E-state index is 12.9. The van der Waals surface area contributed by atoms with E-state index in [4.69, 9.17) is 14.2 Å². The average Bonchev–Trinajstić information content (AvgIpc) is 3.44. The maximum Gasteiger partial charge on any atom is 0.306 e. The molecule has 1 unspecified atom stereocenters. The van der Waals surface area contributed by atoms with Crippen molar-refractivity contribution in [2.45, 2.75) is 341 Å². The van der Waals surface area contributed by atoms with Crippen LogP contribution in [0.3, 0.4) is 0 Å². The van der Waals surface area contributed by atoms with Crippen molar-refractivity contribution in [1.29, 1.82) is 0 Å². The van der Waals surface area contributed by atoms with Crippen molar-refractivity contribution in [3.63, 3.8) is 0 Å². The number of hydrogen-bond acceptors (Lipinski definition) is 6. The van der Waals surface area contributed by atoms with Gasteiger partial charge in [0.05, 0.1) is 0 Å². The topological polar surface area (TPSA) is 78.9 Å². The molecule has 0 fully saturated rings. The van der Waals surface area contributed by atoms with Gasteiger partial charge in [0.1, 0.15) is 13.2 Å². The number of rotatable bonds is 61. The van der Waals surface area contributed by atoms with E-state index in [1.807, 2.05) is 0 Å².